The monoisotopic (exact) mass is 418 g/mol. The van der Waals surface area contributed by atoms with Gasteiger partial charge < -0.3 is 15.2 Å². The van der Waals surface area contributed by atoms with E-state index in [0.717, 1.165) is 0 Å². The third-order valence-electron chi connectivity index (χ3n) is 4.80. The number of carbonyl (C=O) groups is 1. The Labute approximate surface area is 176 Å². The highest BCUT2D eigenvalue weighted by atomic mass is 16.6. The van der Waals surface area contributed by atoms with Crippen molar-refractivity contribution in [3.63, 3.8) is 0 Å². The van der Waals surface area contributed by atoms with Crippen molar-refractivity contribution >= 4 is 45.0 Å². The lowest BCUT2D eigenvalue weighted by molar-refractivity contribution is -0.383. The van der Waals surface area contributed by atoms with Gasteiger partial charge in [-0.05, 0) is 18.2 Å². The minimum Gasteiger partial charge on any atom is -0.453 e. The van der Waals surface area contributed by atoms with Crippen LogP contribution >= 0.6 is 0 Å². The largest absolute Gasteiger partial charge is 0.453 e. The molecule has 0 spiro atoms. The molecule has 0 fully saturated rings. The van der Waals surface area contributed by atoms with Gasteiger partial charge in [0, 0.05) is 28.1 Å². The van der Waals surface area contributed by atoms with Gasteiger partial charge in [-0.2, -0.15) is 0 Å². The average molecular weight is 418 g/mol. The van der Waals surface area contributed by atoms with Gasteiger partial charge in [0.05, 0.1) is 23.2 Å². The van der Waals surface area contributed by atoms with Gasteiger partial charge in [-0.1, -0.05) is 42.5 Å². The van der Waals surface area contributed by atoms with Crippen LogP contribution in [0.2, 0.25) is 0 Å². The van der Waals surface area contributed by atoms with Gasteiger partial charge in [-0.15, -0.1) is 0 Å². The van der Waals surface area contributed by atoms with Gasteiger partial charge in [-0.25, -0.2) is 9.78 Å². The van der Waals surface area contributed by atoms with Gasteiger partial charge in [0.25, 0.3) is 5.69 Å². The van der Waals surface area contributed by atoms with E-state index in [1.807, 2.05) is 12.1 Å². The second-order valence-electron chi connectivity index (χ2n) is 6.72. The van der Waals surface area contributed by atoms with E-state index in [1.54, 1.807) is 48.5 Å². The summed E-state index contributed by atoms with van der Waals surface area (Å²) in [4.78, 5) is 27.0. The predicted octanol–water partition coefficient (Wildman–Crippen LogP) is 4.58. The third kappa shape index (κ3) is 3.94. The highest BCUT2D eigenvalue weighted by Gasteiger charge is 2.19. The first-order valence-corrected chi connectivity index (χ1v) is 9.33. The van der Waals surface area contributed by atoms with Crippen molar-refractivity contribution in [3.8, 4) is 0 Å². The SMILES string of the molecule is COC(=O)Nc1cccc(C(O)Nc2c3ccccc3nc3c([N+](=O)[O-])cccc23)c1. The number of nitrogens with one attached hydrogen (secondary N) is 2. The number of benzene rings is 3. The van der Waals surface area contributed by atoms with Crippen molar-refractivity contribution in [2.24, 2.45) is 0 Å². The number of anilines is 2. The first-order valence-electron chi connectivity index (χ1n) is 9.33. The molecule has 3 aromatic carbocycles. The van der Waals surface area contributed by atoms with Crippen LogP contribution in [-0.2, 0) is 4.74 Å². The summed E-state index contributed by atoms with van der Waals surface area (Å²) in [7, 11) is 1.26. The Hall–Kier alpha value is -4.24. The van der Waals surface area contributed by atoms with Crippen molar-refractivity contribution in [2.75, 3.05) is 17.7 Å². The quantitative estimate of drug-likeness (QED) is 0.187. The van der Waals surface area contributed by atoms with Crippen LogP contribution in [-0.4, -0.2) is 28.2 Å². The minimum absolute atomic E-state index is 0.120. The van der Waals surface area contributed by atoms with Crippen LogP contribution in [0, 0.1) is 10.1 Å². The Balaban J connectivity index is 1.80. The smallest absolute Gasteiger partial charge is 0.411 e. The van der Waals surface area contributed by atoms with Crippen molar-refractivity contribution in [2.45, 2.75) is 6.23 Å². The number of para-hydroxylation sites is 2. The summed E-state index contributed by atoms with van der Waals surface area (Å²) < 4.78 is 4.59. The molecule has 9 nitrogen and oxygen atoms in total. The van der Waals surface area contributed by atoms with Crippen LogP contribution in [0.1, 0.15) is 11.8 Å². The summed E-state index contributed by atoms with van der Waals surface area (Å²) in [5.41, 5.74) is 2.11. The molecule has 4 aromatic rings. The fraction of sp³-hybridized carbons (Fsp3) is 0.0909. The van der Waals surface area contributed by atoms with Crippen LogP contribution in [0.25, 0.3) is 21.8 Å². The number of nitrogens with zero attached hydrogens (tertiary/aromatic N) is 2. The highest BCUT2D eigenvalue weighted by Crippen LogP contribution is 2.36. The highest BCUT2D eigenvalue weighted by molar-refractivity contribution is 6.09. The van der Waals surface area contributed by atoms with E-state index in [2.05, 4.69) is 20.4 Å². The molecule has 0 aliphatic heterocycles. The van der Waals surface area contributed by atoms with E-state index < -0.39 is 17.2 Å². The van der Waals surface area contributed by atoms with Crippen LogP contribution in [0.4, 0.5) is 21.9 Å². The number of carbonyl (C=O) groups excluding carboxylic acids is 1. The van der Waals surface area contributed by atoms with E-state index in [0.29, 0.717) is 33.2 Å². The number of hydrogen-bond donors (Lipinski definition) is 3. The number of amides is 1. The van der Waals surface area contributed by atoms with Crippen molar-refractivity contribution in [1.82, 2.24) is 4.98 Å². The van der Waals surface area contributed by atoms with Gasteiger partial charge in [0.1, 0.15) is 0 Å². The Morgan fingerprint density at radius 1 is 1.10 bits per heavy atom. The molecule has 0 bridgehead atoms. The molecule has 9 heteroatoms. The van der Waals surface area contributed by atoms with E-state index >= 15 is 0 Å². The normalized spacial score (nSPS) is 11.8. The molecular formula is C22H18N4O5. The van der Waals surface area contributed by atoms with Crippen molar-refractivity contribution in [1.29, 1.82) is 0 Å². The minimum atomic E-state index is -1.16. The molecule has 1 unspecified atom stereocenters. The number of aliphatic hydroxyl groups is 1. The Bertz CT molecular complexity index is 1310. The molecule has 156 valence electrons. The summed E-state index contributed by atoms with van der Waals surface area (Å²) in [5, 5.41) is 29.2. The maximum absolute atomic E-state index is 11.5. The molecular weight excluding hydrogens is 400 g/mol. The lowest BCUT2D eigenvalue weighted by atomic mass is 10.1. The zero-order chi connectivity index (χ0) is 22.0. The summed E-state index contributed by atoms with van der Waals surface area (Å²) in [6.45, 7) is 0. The number of ether oxygens (including phenoxy) is 1. The summed E-state index contributed by atoms with van der Waals surface area (Å²) in [6.07, 6.45) is -1.79. The summed E-state index contributed by atoms with van der Waals surface area (Å²) >= 11 is 0. The maximum Gasteiger partial charge on any atom is 0.411 e. The molecule has 3 N–H and O–H groups in total. The Morgan fingerprint density at radius 3 is 2.61 bits per heavy atom. The van der Waals surface area contributed by atoms with Crippen LogP contribution in [0.3, 0.4) is 0 Å². The number of pyridine rings is 1. The van der Waals surface area contributed by atoms with Gasteiger partial charge >= 0.3 is 6.09 Å². The zero-order valence-corrected chi connectivity index (χ0v) is 16.4. The number of fused-ring (bicyclic) bond motifs is 2. The number of aromatic nitrogens is 1. The molecule has 1 atom stereocenters. The van der Waals surface area contributed by atoms with Gasteiger partial charge in [-0.3, -0.25) is 15.4 Å². The molecule has 0 radical (unpaired) electrons. The van der Waals surface area contributed by atoms with Crippen LogP contribution in [0.15, 0.2) is 66.7 Å². The Morgan fingerprint density at radius 2 is 1.84 bits per heavy atom. The van der Waals surface area contributed by atoms with E-state index in [4.69, 9.17) is 0 Å². The first kappa shape index (κ1) is 20.0. The lowest BCUT2D eigenvalue weighted by Gasteiger charge is -2.19. The molecule has 0 saturated carbocycles. The second-order valence-corrected chi connectivity index (χ2v) is 6.72. The van der Waals surface area contributed by atoms with E-state index in [-0.39, 0.29) is 11.2 Å². The zero-order valence-electron chi connectivity index (χ0n) is 16.4. The molecule has 1 aromatic heterocycles. The average Bonchev–Trinajstić information content (AvgIpc) is 2.78. The number of rotatable bonds is 5. The second kappa shape index (κ2) is 8.25. The molecule has 0 aliphatic rings. The first-order chi connectivity index (χ1) is 15.0. The van der Waals surface area contributed by atoms with Crippen LogP contribution < -0.4 is 10.6 Å². The lowest BCUT2D eigenvalue weighted by Crippen LogP contribution is -2.13. The standard InChI is InChI=1S/C22H18N4O5/c1-31-22(28)23-14-7-4-6-13(12-14)21(27)25-19-15-8-2-3-10-17(15)24-20-16(19)9-5-11-18(20)26(29)30/h2-12,21,27H,1H3,(H,23,28)(H,24,25). The number of aliphatic hydroxyl groups excluding tert-OH is 1. The predicted molar refractivity (Wildman–Crippen MR) is 117 cm³/mol. The molecule has 1 heterocycles. The van der Waals surface area contributed by atoms with Crippen molar-refractivity contribution < 1.29 is 19.6 Å². The number of nitro benzene ring substituents is 1. The number of methoxy groups -OCH3 is 1. The molecule has 1 amide bonds. The van der Waals surface area contributed by atoms with Crippen molar-refractivity contribution in [3.05, 3.63) is 82.4 Å². The number of non-ortho nitro benzene ring substituents is 1. The summed E-state index contributed by atoms with van der Waals surface area (Å²) in [5.74, 6) is 0. The maximum atomic E-state index is 11.5. The molecule has 0 aliphatic carbocycles. The summed E-state index contributed by atoms with van der Waals surface area (Å²) in [6, 6.07) is 18.5. The molecule has 4 rings (SSSR count). The van der Waals surface area contributed by atoms with Crippen LogP contribution in [0.5, 0.6) is 0 Å². The van der Waals surface area contributed by atoms with E-state index in [9.17, 15) is 20.0 Å². The third-order valence-corrected chi connectivity index (χ3v) is 4.80. The van der Waals surface area contributed by atoms with Gasteiger partial charge in [0.2, 0.25) is 0 Å². The number of hydrogen-bond acceptors (Lipinski definition) is 7. The fourth-order valence-corrected chi connectivity index (χ4v) is 3.38. The van der Waals surface area contributed by atoms with E-state index in [1.165, 1.54) is 13.2 Å². The fourth-order valence-electron chi connectivity index (χ4n) is 3.38. The molecule has 0 saturated heterocycles. The number of nitro groups is 1. The Kier molecular flexibility index (Phi) is 5.33. The molecule has 31 heavy (non-hydrogen) atoms. The topological polar surface area (TPSA) is 127 Å². The van der Waals surface area contributed by atoms with Gasteiger partial charge in [0.15, 0.2) is 11.7 Å².